The van der Waals surface area contributed by atoms with E-state index in [-0.39, 0.29) is 24.5 Å². The third-order valence-electron chi connectivity index (χ3n) is 2.56. The molecule has 0 aromatic carbocycles. The number of hydrogen-bond acceptors (Lipinski definition) is 4. The first kappa shape index (κ1) is 17.7. The Kier molecular flexibility index (Phi) is 6.91. The van der Waals surface area contributed by atoms with Gasteiger partial charge >= 0.3 is 0 Å². The molecule has 0 fully saturated rings. The number of rotatable bonds is 8. The van der Waals surface area contributed by atoms with E-state index in [1.54, 1.807) is 6.07 Å². The van der Waals surface area contributed by atoms with Crippen molar-refractivity contribution in [3.63, 3.8) is 0 Å². The lowest BCUT2D eigenvalue weighted by molar-refractivity contribution is 0.0214. The van der Waals surface area contributed by atoms with Crippen molar-refractivity contribution in [3.05, 3.63) is 23.6 Å². The van der Waals surface area contributed by atoms with Crippen molar-refractivity contribution in [2.24, 2.45) is 0 Å². The maximum atomic E-state index is 14.2. The molecule has 1 rings (SSSR count). The molecule has 120 valence electrons. The average Bonchev–Trinajstić information content (AvgIpc) is 2.37. The van der Waals surface area contributed by atoms with Crippen LogP contribution in [0.25, 0.3) is 0 Å². The lowest BCUT2D eigenvalue weighted by Crippen LogP contribution is -2.35. The summed E-state index contributed by atoms with van der Waals surface area (Å²) in [6.45, 7) is 6.02. The second kappa shape index (κ2) is 8.19. The van der Waals surface area contributed by atoms with Crippen molar-refractivity contribution in [3.8, 4) is 0 Å². The molecular formula is C14H22F3N3O. The fourth-order valence-electron chi connectivity index (χ4n) is 1.52. The van der Waals surface area contributed by atoms with E-state index >= 15 is 0 Å². The summed E-state index contributed by atoms with van der Waals surface area (Å²) in [6.07, 6.45) is -0.989. The number of alkyl halides is 2. The normalized spacial score (nSPS) is 12.0. The van der Waals surface area contributed by atoms with Gasteiger partial charge in [0.2, 0.25) is 0 Å². The summed E-state index contributed by atoms with van der Waals surface area (Å²) >= 11 is 0. The first-order valence-corrected chi connectivity index (χ1v) is 6.78. The van der Waals surface area contributed by atoms with Crippen molar-refractivity contribution in [1.82, 2.24) is 10.3 Å². The summed E-state index contributed by atoms with van der Waals surface area (Å²) in [5.74, 6) is -0.341. The summed E-state index contributed by atoms with van der Waals surface area (Å²) in [7, 11) is 0. The molecule has 0 atom stereocenters. The van der Waals surface area contributed by atoms with Crippen LogP contribution in [0.1, 0.15) is 26.3 Å². The van der Waals surface area contributed by atoms with E-state index < -0.39 is 18.8 Å². The van der Waals surface area contributed by atoms with E-state index in [4.69, 9.17) is 4.74 Å². The molecule has 0 radical (unpaired) electrons. The van der Waals surface area contributed by atoms with Crippen LogP contribution in [0.15, 0.2) is 12.3 Å². The Morgan fingerprint density at radius 1 is 1.33 bits per heavy atom. The number of hydrogen-bond donors (Lipinski definition) is 2. The molecule has 0 amide bonds. The van der Waals surface area contributed by atoms with Gasteiger partial charge < -0.3 is 15.4 Å². The molecule has 21 heavy (non-hydrogen) atoms. The topological polar surface area (TPSA) is 46.2 Å². The Morgan fingerprint density at radius 3 is 2.67 bits per heavy atom. The highest BCUT2D eigenvalue weighted by molar-refractivity contribution is 5.39. The second-order valence-electron chi connectivity index (χ2n) is 5.63. The van der Waals surface area contributed by atoms with Crippen molar-refractivity contribution >= 4 is 5.82 Å². The lowest BCUT2D eigenvalue weighted by atomic mass is 10.1. The Balaban J connectivity index is 2.48. The van der Waals surface area contributed by atoms with Gasteiger partial charge in [0.1, 0.15) is 6.61 Å². The molecule has 1 aromatic heterocycles. The van der Waals surface area contributed by atoms with Crippen LogP contribution in [-0.2, 0) is 11.3 Å². The zero-order valence-electron chi connectivity index (χ0n) is 12.5. The summed E-state index contributed by atoms with van der Waals surface area (Å²) in [5.41, 5.74) is 0.378. The largest absolute Gasteiger partial charge is 0.374 e. The van der Waals surface area contributed by atoms with Crippen LogP contribution in [0.5, 0.6) is 0 Å². The van der Waals surface area contributed by atoms with E-state index in [1.165, 1.54) is 6.20 Å². The van der Waals surface area contributed by atoms with Gasteiger partial charge in [0.25, 0.3) is 6.43 Å². The third kappa shape index (κ3) is 7.29. The van der Waals surface area contributed by atoms with Gasteiger partial charge in [0, 0.05) is 30.4 Å². The first-order chi connectivity index (χ1) is 9.79. The van der Waals surface area contributed by atoms with Crippen molar-refractivity contribution in [2.45, 2.75) is 39.3 Å². The Hall–Kier alpha value is -1.34. The smallest absolute Gasteiger partial charge is 0.261 e. The summed E-state index contributed by atoms with van der Waals surface area (Å²) in [5, 5.41) is 5.93. The first-order valence-electron chi connectivity index (χ1n) is 6.78. The molecule has 0 saturated heterocycles. The Bertz CT molecular complexity index is 436. The second-order valence-corrected chi connectivity index (χ2v) is 5.63. The number of halogens is 3. The van der Waals surface area contributed by atoms with Gasteiger partial charge in [-0.1, -0.05) is 0 Å². The minimum atomic E-state index is -2.49. The average molecular weight is 305 g/mol. The summed E-state index contributed by atoms with van der Waals surface area (Å²) in [4.78, 5) is 3.90. The van der Waals surface area contributed by atoms with Crippen molar-refractivity contribution < 1.29 is 17.9 Å². The highest BCUT2D eigenvalue weighted by atomic mass is 19.3. The standard InChI is InChI=1S/C14H22F3N3O/c1-14(2,3)20-8-10-4-5-18-13(12(10)17)19-6-7-21-9-11(15)16/h4-5,11,20H,6-9H2,1-3H3,(H,18,19). The molecule has 4 nitrogen and oxygen atoms in total. The van der Waals surface area contributed by atoms with E-state index in [0.29, 0.717) is 12.1 Å². The number of nitrogens with zero attached hydrogens (tertiary/aromatic N) is 1. The zero-order valence-corrected chi connectivity index (χ0v) is 12.5. The van der Waals surface area contributed by atoms with Gasteiger partial charge in [0.05, 0.1) is 6.61 Å². The molecule has 1 heterocycles. The number of nitrogens with one attached hydrogen (secondary N) is 2. The lowest BCUT2D eigenvalue weighted by Gasteiger charge is -2.21. The number of pyridine rings is 1. The summed E-state index contributed by atoms with van der Waals surface area (Å²) in [6, 6.07) is 1.60. The molecule has 0 aliphatic heterocycles. The molecule has 0 aliphatic carbocycles. The number of aromatic nitrogens is 1. The highest BCUT2D eigenvalue weighted by Gasteiger charge is 2.13. The van der Waals surface area contributed by atoms with Gasteiger partial charge in [-0.3, -0.25) is 0 Å². The van der Waals surface area contributed by atoms with Crippen LogP contribution in [0.4, 0.5) is 19.0 Å². The predicted octanol–water partition coefficient (Wildman–Crippen LogP) is 2.80. The number of anilines is 1. The summed E-state index contributed by atoms with van der Waals surface area (Å²) < 4.78 is 42.6. The van der Waals surface area contributed by atoms with Gasteiger partial charge in [-0.15, -0.1) is 0 Å². The predicted molar refractivity (Wildman–Crippen MR) is 76.1 cm³/mol. The van der Waals surface area contributed by atoms with Crippen molar-refractivity contribution in [2.75, 3.05) is 25.1 Å². The fourth-order valence-corrected chi connectivity index (χ4v) is 1.52. The van der Waals surface area contributed by atoms with Gasteiger partial charge in [-0.25, -0.2) is 18.2 Å². The Morgan fingerprint density at radius 2 is 2.05 bits per heavy atom. The Labute approximate surface area is 123 Å². The van der Waals surface area contributed by atoms with Crippen LogP contribution < -0.4 is 10.6 Å². The van der Waals surface area contributed by atoms with Gasteiger partial charge in [0.15, 0.2) is 11.6 Å². The third-order valence-corrected chi connectivity index (χ3v) is 2.56. The maximum absolute atomic E-state index is 14.2. The molecule has 0 aliphatic rings. The van der Waals surface area contributed by atoms with Crippen molar-refractivity contribution in [1.29, 1.82) is 0 Å². The van der Waals surface area contributed by atoms with E-state index in [1.807, 2.05) is 20.8 Å². The van der Waals surface area contributed by atoms with Crippen LogP contribution in [0.2, 0.25) is 0 Å². The SMILES string of the molecule is CC(C)(C)NCc1ccnc(NCCOCC(F)F)c1F. The monoisotopic (exact) mass is 305 g/mol. The molecule has 0 spiro atoms. The van der Waals surface area contributed by atoms with E-state index in [0.717, 1.165) is 0 Å². The number of ether oxygens (including phenoxy) is 1. The molecule has 7 heteroatoms. The maximum Gasteiger partial charge on any atom is 0.261 e. The molecule has 1 aromatic rings. The highest BCUT2D eigenvalue weighted by Crippen LogP contribution is 2.15. The van der Waals surface area contributed by atoms with Gasteiger partial charge in [-0.05, 0) is 26.8 Å². The minimum absolute atomic E-state index is 0.0654. The van der Waals surface area contributed by atoms with Crippen LogP contribution in [0.3, 0.4) is 0 Å². The quantitative estimate of drug-likeness (QED) is 0.725. The molecular weight excluding hydrogens is 283 g/mol. The molecule has 0 unspecified atom stereocenters. The molecule has 0 saturated carbocycles. The molecule has 0 bridgehead atoms. The van der Waals surface area contributed by atoms with E-state index in [9.17, 15) is 13.2 Å². The minimum Gasteiger partial charge on any atom is -0.374 e. The molecule has 2 N–H and O–H groups in total. The fraction of sp³-hybridized carbons (Fsp3) is 0.643. The van der Waals surface area contributed by atoms with Crippen LogP contribution in [0, 0.1) is 5.82 Å². The van der Waals surface area contributed by atoms with Gasteiger partial charge in [-0.2, -0.15) is 0 Å². The zero-order chi connectivity index (χ0) is 15.9. The van der Waals surface area contributed by atoms with Crippen LogP contribution >= 0.6 is 0 Å². The van der Waals surface area contributed by atoms with Crippen LogP contribution in [-0.4, -0.2) is 36.7 Å². The van der Waals surface area contributed by atoms with E-state index in [2.05, 4.69) is 15.6 Å².